The van der Waals surface area contributed by atoms with E-state index in [2.05, 4.69) is 41.3 Å². The second kappa shape index (κ2) is 10.9. The van der Waals surface area contributed by atoms with E-state index in [1.54, 1.807) is 26.0 Å². The number of nitrogens with one attached hydrogen (secondary N) is 1. The molecule has 230 valence electrons. The summed E-state index contributed by atoms with van der Waals surface area (Å²) in [6.45, 7) is 6.11. The number of fused-ring (bicyclic) bond motifs is 2. The van der Waals surface area contributed by atoms with E-state index < -0.39 is 63.1 Å². The van der Waals surface area contributed by atoms with Crippen molar-refractivity contribution >= 4 is 50.2 Å². The molecular formula is C29H25BrF3IN7O3-. The van der Waals surface area contributed by atoms with Gasteiger partial charge in [-0.3, -0.25) is 0 Å². The molecule has 3 aromatic heterocycles. The molecule has 5 heterocycles. The number of Topliss-reactive ketones (excluding diaryl/α,β-unsaturated/α-hetero) is 1. The van der Waals surface area contributed by atoms with E-state index in [-0.39, 0.29) is 29.6 Å². The number of pyridine rings is 1. The molecule has 10 nitrogen and oxygen atoms in total. The molecule has 2 amide bonds. The van der Waals surface area contributed by atoms with E-state index in [9.17, 15) is 27.6 Å². The first-order chi connectivity index (χ1) is 20.7. The minimum atomic E-state index is -4.83. The Hall–Kier alpha value is -3.47. The third-order valence-electron chi connectivity index (χ3n) is 7.75. The molecule has 15 heteroatoms. The third kappa shape index (κ3) is 5.48. The Balaban J connectivity index is 1.38. The summed E-state index contributed by atoms with van der Waals surface area (Å²) in [6, 6.07) is 5.10. The van der Waals surface area contributed by atoms with Crippen molar-refractivity contribution in [2.45, 2.75) is 60.3 Å². The van der Waals surface area contributed by atoms with E-state index in [0.29, 0.717) is 28.2 Å². The van der Waals surface area contributed by atoms with E-state index in [4.69, 9.17) is 0 Å². The SMILES string of the molecule is CC(=O)c1nn(CC(=O)N2[C@H](C(=O)Nc3nc(Br)ccc3C)C[C@@]3(C)[I-][C@@H]23)c2c(C(F)(F)F)cc(-c3cnc(C)nc3)cc12. The van der Waals surface area contributed by atoms with Gasteiger partial charge >= 0.3 is 257 Å². The number of ketones is 1. The monoisotopic (exact) mass is 782 g/mol. The molecule has 0 saturated carbocycles. The molecule has 2 aliphatic heterocycles. The van der Waals surface area contributed by atoms with Crippen LogP contribution in [0.5, 0.6) is 0 Å². The predicted molar refractivity (Wildman–Crippen MR) is 153 cm³/mol. The first-order valence-electron chi connectivity index (χ1n) is 13.5. The van der Waals surface area contributed by atoms with Crippen LogP contribution in [0.1, 0.15) is 47.7 Å². The zero-order valence-electron chi connectivity index (χ0n) is 23.8. The number of benzene rings is 1. The van der Waals surface area contributed by atoms with Crippen LogP contribution in [0.2, 0.25) is 0 Å². The zero-order chi connectivity index (χ0) is 31.7. The number of halogens is 5. The standard InChI is InChI=1S/C29H25BrF3IN7O3/c1-13-5-6-21(30)37-25(13)38-26(44)20-9-28(4)27(34-28)41(20)22(43)12-40-24-18(23(39-40)14(2)42)7-16(8-19(24)29(31,32)33)17-10-35-15(3)36-11-17/h5-8,10-11,20,27H,9,12H2,1-4H3,(H,37,38,44)/q-1/t20-,27-,28+/m0/s1. The van der Waals surface area contributed by atoms with Crippen LogP contribution in [0.25, 0.3) is 22.0 Å². The van der Waals surface area contributed by atoms with Gasteiger partial charge in [-0.2, -0.15) is 0 Å². The van der Waals surface area contributed by atoms with Crippen molar-refractivity contribution in [3.63, 3.8) is 0 Å². The van der Waals surface area contributed by atoms with Crippen molar-refractivity contribution in [2.24, 2.45) is 0 Å². The molecule has 0 radical (unpaired) electrons. The molecule has 1 aromatic carbocycles. The molecule has 3 atom stereocenters. The second-order valence-electron chi connectivity index (χ2n) is 11.0. The first-order valence-corrected chi connectivity index (χ1v) is 16.6. The number of aryl methyl sites for hydroxylation is 2. The van der Waals surface area contributed by atoms with E-state index in [1.807, 2.05) is 6.92 Å². The number of alkyl halides is 5. The van der Waals surface area contributed by atoms with Gasteiger partial charge in [-0.1, -0.05) is 0 Å². The van der Waals surface area contributed by atoms with E-state index >= 15 is 0 Å². The quantitative estimate of drug-likeness (QED) is 0.104. The van der Waals surface area contributed by atoms with Crippen LogP contribution in [0.15, 0.2) is 41.3 Å². The summed E-state index contributed by atoms with van der Waals surface area (Å²) in [5.74, 6) is -0.708. The van der Waals surface area contributed by atoms with Gasteiger partial charge in [0.05, 0.1) is 0 Å². The number of nitrogens with zero attached hydrogens (tertiary/aromatic N) is 6. The molecule has 6 rings (SSSR count). The van der Waals surface area contributed by atoms with Crippen molar-refractivity contribution in [3.8, 4) is 11.1 Å². The van der Waals surface area contributed by atoms with Gasteiger partial charge in [0.1, 0.15) is 5.82 Å². The molecule has 2 fully saturated rings. The summed E-state index contributed by atoms with van der Waals surface area (Å²) in [5.41, 5.74) is -0.394. The average molecular weight is 783 g/mol. The Bertz CT molecular complexity index is 1860. The van der Waals surface area contributed by atoms with Crippen molar-refractivity contribution in [1.82, 2.24) is 29.6 Å². The Morgan fingerprint density at radius 2 is 1.84 bits per heavy atom. The molecule has 4 aromatic rings. The number of rotatable bonds is 6. The number of hydrogen-bond donors (Lipinski definition) is 1. The topological polar surface area (TPSA) is 123 Å². The van der Waals surface area contributed by atoms with Gasteiger partial charge in [-0.05, 0) is 6.92 Å². The maximum atomic E-state index is 14.6. The minimum absolute atomic E-state index is 0.0358. The van der Waals surface area contributed by atoms with Crippen LogP contribution < -0.4 is 26.5 Å². The van der Waals surface area contributed by atoms with Gasteiger partial charge in [0, 0.05) is 0 Å². The number of carbonyl (C=O) groups excluding carboxylic acids is 3. The normalized spacial score (nSPS) is 21.1. The van der Waals surface area contributed by atoms with Crippen LogP contribution in [0.4, 0.5) is 19.0 Å². The molecule has 44 heavy (non-hydrogen) atoms. The summed E-state index contributed by atoms with van der Waals surface area (Å²) in [4.78, 5) is 53.9. The van der Waals surface area contributed by atoms with Gasteiger partial charge in [0.15, 0.2) is 0 Å². The summed E-state index contributed by atoms with van der Waals surface area (Å²) in [5, 5.41) is 7.00. The molecule has 0 bridgehead atoms. The number of carbonyl (C=O) groups is 3. The number of anilines is 1. The summed E-state index contributed by atoms with van der Waals surface area (Å²) >= 11 is 2.86. The summed E-state index contributed by atoms with van der Waals surface area (Å²) in [7, 11) is 0. The van der Waals surface area contributed by atoms with Crippen LogP contribution in [-0.2, 0) is 22.3 Å². The summed E-state index contributed by atoms with van der Waals surface area (Å²) < 4.78 is 44.8. The molecule has 2 aliphatic rings. The van der Waals surface area contributed by atoms with Gasteiger partial charge in [-0.25, -0.2) is 0 Å². The first kappa shape index (κ1) is 30.6. The third-order valence-corrected chi connectivity index (χ3v) is 12.5. The van der Waals surface area contributed by atoms with Crippen molar-refractivity contribution in [2.75, 3.05) is 5.32 Å². The molecular weight excluding hydrogens is 758 g/mol. The number of likely N-dealkylation sites (tertiary alicyclic amines) is 1. The fraction of sp³-hybridized carbons (Fsp3) is 0.345. The number of aromatic nitrogens is 5. The zero-order valence-corrected chi connectivity index (χ0v) is 27.6. The Labute approximate surface area is 268 Å². The van der Waals surface area contributed by atoms with Crippen LogP contribution in [0, 0.1) is 13.8 Å². The molecule has 0 spiro atoms. The molecule has 2 saturated heterocycles. The molecule has 1 N–H and O–H groups in total. The Morgan fingerprint density at radius 1 is 1.14 bits per heavy atom. The molecule has 0 unspecified atom stereocenters. The number of hydrogen-bond acceptors (Lipinski definition) is 7. The van der Waals surface area contributed by atoms with Gasteiger partial charge in [-0.15, -0.1) is 0 Å². The predicted octanol–water partition coefficient (Wildman–Crippen LogP) is 1.92. The van der Waals surface area contributed by atoms with Gasteiger partial charge in [0.2, 0.25) is 0 Å². The van der Waals surface area contributed by atoms with Gasteiger partial charge in [0.25, 0.3) is 0 Å². The maximum absolute atomic E-state index is 14.6. The Morgan fingerprint density at radius 3 is 2.50 bits per heavy atom. The fourth-order valence-corrected chi connectivity index (χ4v) is 9.20. The van der Waals surface area contributed by atoms with Gasteiger partial charge < -0.3 is 0 Å². The van der Waals surface area contributed by atoms with Crippen LogP contribution in [0.3, 0.4) is 0 Å². The number of amides is 2. The van der Waals surface area contributed by atoms with Crippen molar-refractivity contribution < 1.29 is 48.8 Å². The Kier molecular flexibility index (Phi) is 7.54. The summed E-state index contributed by atoms with van der Waals surface area (Å²) in [6.07, 6.45) is -1.57. The van der Waals surface area contributed by atoms with E-state index in [0.717, 1.165) is 16.3 Å². The average Bonchev–Trinajstić information content (AvgIpc) is 3.31. The van der Waals surface area contributed by atoms with Crippen LogP contribution in [-0.4, -0.2) is 60.7 Å². The fourth-order valence-electron chi connectivity index (χ4n) is 5.50. The van der Waals surface area contributed by atoms with Crippen molar-refractivity contribution in [1.29, 1.82) is 0 Å². The van der Waals surface area contributed by atoms with Crippen molar-refractivity contribution in [3.05, 3.63) is 63.9 Å². The van der Waals surface area contributed by atoms with Crippen LogP contribution >= 0.6 is 15.9 Å². The molecule has 0 aliphatic carbocycles. The second-order valence-corrected chi connectivity index (χ2v) is 16.1. The van der Waals surface area contributed by atoms with E-state index in [1.165, 1.54) is 30.3 Å².